The van der Waals surface area contributed by atoms with Crippen LogP contribution in [0.15, 0.2) is 29.3 Å². The van der Waals surface area contributed by atoms with Crippen LogP contribution >= 0.6 is 11.3 Å². The van der Waals surface area contributed by atoms with E-state index in [2.05, 4.69) is 9.97 Å². The third-order valence-corrected chi connectivity index (χ3v) is 3.71. The van der Waals surface area contributed by atoms with Gasteiger partial charge in [0.1, 0.15) is 22.2 Å². The summed E-state index contributed by atoms with van der Waals surface area (Å²) >= 11 is 0.902. The van der Waals surface area contributed by atoms with Crippen LogP contribution in [-0.4, -0.2) is 9.97 Å². The molecular formula is C12H5F3N2OS. The molecule has 0 spiro atoms. The third-order valence-electron chi connectivity index (χ3n) is 2.57. The smallest absolute Gasteiger partial charge is 0.268 e. The van der Waals surface area contributed by atoms with Crippen LogP contribution in [0.2, 0.25) is 0 Å². The first kappa shape index (κ1) is 11.9. The van der Waals surface area contributed by atoms with E-state index >= 15 is 0 Å². The van der Waals surface area contributed by atoms with Gasteiger partial charge in [0.15, 0.2) is 0 Å². The maximum Gasteiger partial charge on any atom is 0.268 e. The maximum absolute atomic E-state index is 13.6. The lowest BCUT2D eigenvalue weighted by molar-refractivity contribution is 0.548. The van der Waals surface area contributed by atoms with E-state index in [4.69, 9.17) is 0 Å². The summed E-state index contributed by atoms with van der Waals surface area (Å²) in [7, 11) is 0. The summed E-state index contributed by atoms with van der Waals surface area (Å²) in [6, 6.07) is 2.59. The first-order valence-corrected chi connectivity index (χ1v) is 6.00. The fraction of sp³-hybridized carbons (Fsp3) is 0. The van der Waals surface area contributed by atoms with Gasteiger partial charge in [-0.1, -0.05) is 0 Å². The Morgan fingerprint density at radius 2 is 1.79 bits per heavy atom. The van der Waals surface area contributed by atoms with E-state index in [1.807, 2.05) is 0 Å². The average Bonchev–Trinajstić information content (AvgIpc) is 2.72. The van der Waals surface area contributed by atoms with Crippen molar-refractivity contribution >= 4 is 21.6 Å². The Morgan fingerprint density at radius 1 is 1.11 bits per heavy atom. The number of nitrogens with zero attached hydrogens (tertiary/aromatic N) is 1. The normalized spacial score (nSPS) is 11.1. The number of aromatic nitrogens is 2. The SMILES string of the molecule is O=c1[nH]cnc2cc(-c3c(F)cc(F)cc3F)sc12. The number of nitrogens with one attached hydrogen (secondary N) is 1. The number of H-pyrrole nitrogens is 1. The molecule has 0 aliphatic heterocycles. The lowest BCUT2D eigenvalue weighted by atomic mass is 10.1. The molecular weight excluding hydrogens is 277 g/mol. The first-order chi connectivity index (χ1) is 9.06. The van der Waals surface area contributed by atoms with Crippen molar-refractivity contribution in [1.82, 2.24) is 9.97 Å². The average molecular weight is 282 g/mol. The molecule has 0 saturated heterocycles. The van der Waals surface area contributed by atoms with Crippen LogP contribution in [0.3, 0.4) is 0 Å². The van der Waals surface area contributed by atoms with Crippen molar-refractivity contribution in [2.24, 2.45) is 0 Å². The predicted molar refractivity (Wildman–Crippen MR) is 65.6 cm³/mol. The number of rotatable bonds is 1. The van der Waals surface area contributed by atoms with Crippen LogP contribution in [0.5, 0.6) is 0 Å². The predicted octanol–water partition coefficient (Wildman–Crippen LogP) is 3.07. The summed E-state index contributed by atoms with van der Waals surface area (Å²) in [6.07, 6.45) is 1.21. The quantitative estimate of drug-likeness (QED) is 0.745. The van der Waals surface area contributed by atoms with Crippen LogP contribution in [-0.2, 0) is 0 Å². The van der Waals surface area contributed by atoms with Gasteiger partial charge in [-0.05, 0) is 6.07 Å². The topological polar surface area (TPSA) is 45.8 Å². The molecule has 3 nitrogen and oxygen atoms in total. The standard InChI is InChI=1S/C12H5F3N2OS/c13-5-1-6(14)10(7(15)2-5)9-3-8-11(19-9)12(18)17-4-16-8/h1-4H,(H,16,17,18). The molecule has 0 saturated carbocycles. The Morgan fingerprint density at radius 3 is 2.42 bits per heavy atom. The summed E-state index contributed by atoms with van der Waals surface area (Å²) in [5.41, 5.74) is -0.403. The molecule has 3 rings (SSSR count). The van der Waals surface area contributed by atoms with E-state index in [1.54, 1.807) is 0 Å². The molecule has 7 heteroatoms. The number of thiophene rings is 1. The fourth-order valence-corrected chi connectivity index (χ4v) is 2.82. The van der Waals surface area contributed by atoms with E-state index in [9.17, 15) is 18.0 Å². The largest absolute Gasteiger partial charge is 0.312 e. The van der Waals surface area contributed by atoms with Crippen molar-refractivity contribution < 1.29 is 13.2 Å². The lowest BCUT2D eigenvalue weighted by Gasteiger charge is -2.01. The molecule has 0 atom stereocenters. The van der Waals surface area contributed by atoms with Gasteiger partial charge in [-0.15, -0.1) is 11.3 Å². The summed E-state index contributed by atoms with van der Waals surface area (Å²) in [6.45, 7) is 0. The minimum atomic E-state index is -1.01. The summed E-state index contributed by atoms with van der Waals surface area (Å²) in [4.78, 5) is 18.0. The van der Waals surface area contributed by atoms with Crippen molar-refractivity contribution in [2.45, 2.75) is 0 Å². The Kier molecular flexibility index (Phi) is 2.63. The second-order valence-electron chi connectivity index (χ2n) is 3.80. The van der Waals surface area contributed by atoms with Gasteiger partial charge in [0.25, 0.3) is 5.56 Å². The Labute approximate surface area is 108 Å². The van der Waals surface area contributed by atoms with Gasteiger partial charge in [0.05, 0.1) is 17.4 Å². The molecule has 0 amide bonds. The molecule has 1 aromatic carbocycles. The van der Waals surface area contributed by atoms with Crippen LogP contribution < -0.4 is 5.56 Å². The number of hydrogen-bond donors (Lipinski definition) is 1. The van der Waals surface area contributed by atoms with Crippen LogP contribution in [0.1, 0.15) is 0 Å². The van der Waals surface area contributed by atoms with E-state index in [1.165, 1.54) is 12.4 Å². The van der Waals surface area contributed by atoms with Crippen molar-refractivity contribution in [3.63, 3.8) is 0 Å². The van der Waals surface area contributed by atoms with Crippen molar-refractivity contribution in [3.8, 4) is 10.4 Å². The number of fused-ring (bicyclic) bond motifs is 1. The van der Waals surface area contributed by atoms with E-state index in [0.29, 0.717) is 17.6 Å². The maximum atomic E-state index is 13.6. The zero-order chi connectivity index (χ0) is 13.6. The Balaban J connectivity index is 2.31. The molecule has 0 aliphatic carbocycles. The molecule has 0 aliphatic rings. The zero-order valence-corrected chi connectivity index (χ0v) is 10.0. The van der Waals surface area contributed by atoms with Gasteiger partial charge >= 0.3 is 0 Å². The van der Waals surface area contributed by atoms with Crippen molar-refractivity contribution in [2.75, 3.05) is 0 Å². The first-order valence-electron chi connectivity index (χ1n) is 5.18. The lowest BCUT2D eigenvalue weighted by Crippen LogP contribution is -2.02. The molecule has 3 aromatic rings. The highest BCUT2D eigenvalue weighted by Crippen LogP contribution is 2.34. The van der Waals surface area contributed by atoms with Gasteiger partial charge < -0.3 is 4.98 Å². The van der Waals surface area contributed by atoms with Crippen LogP contribution in [0.4, 0.5) is 13.2 Å². The highest BCUT2D eigenvalue weighted by Gasteiger charge is 2.17. The molecule has 2 heterocycles. The number of benzene rings is 1. The summed E-state index contributed by atoms with van der Waals surface area (Å²) in [5, 5.41) is 0. The molecule has 1 N–H and O–H groups in total. The van der Waals surface area contributed by atoms with Gasteiger partial charge in [-0.25, -0.2) is 18.2 Å². The van der Waals surface area contributed by atoms with Crippen molar-refractivity contribution in [1.29, 1.82) is 0 Å². The van der Waals surface area contributed by atoms with Crippen LogP contribution in [0, 0.1) is 17.5 Å². The highest BCUT2D eigenvalue weighted by atomic mass is 32.1. The molecule has 0 fully saturated rings. The van der Waals surface area contributed by atoms with E-state index in [-0.39, 0.29) is 20.7 Å². The minimum Gasteiger partial charge on any atom is -0.312 e. The molecule has 96 valence electrons. The van der Waals surface area contributed by atoms with Crippen molar-refractivity contribution in [3.05, 3.63) is 52.3 Å². The molecule has 0 bridgehead atoms. The molecule has 2 aromatic heterocycles. The Hall–Kier alpha value is -2.15. The summed E-state index contributed by atoms with van der Waals surface area (Å²) < 4.78 is 40.4. The fourth-order valence-electron chi connectivity index (χ4n) is 1.77. The zero-order valence-electron chi connectivity index (χ0n) is 9.21. The molecule has 0 radical (unpaired) electrons. The van der Waals surface area contributed by atoms with Crippen LogP contribution in [0.25, 0.3) is 20.7 Å². The molecule has 19 heavy (non-hydrogen) atoms. The van der Waals surface area contributed by atoms with E-state index < -0.39 is 17.5 Å². The second kappa shape index (κ2) is 4.20. The minimum absolute atomic E-state index is 0.189. The molecule has 0 unspecified atom stereocenters. The Bertz CT molecular complexity index is 817. The van der Waals surface area contributed by atoms with Gasteiger partial charge in [-0.3, -0.25) is 4.79 Å². The third kappa shape index (κ3) is 1.91. The number of aromatic amines is 1. The monoisotopic (exact) mass is 282 g/mol. The highest BCUT2D eigenvalue weighted by molar-refractivity contribution is 7.22. The summed E-state index contributed by atoms with van der Waals surface area (Å²) in [5.74, 6) is -3.02. The van der Waals surface area contributed by atoms with Gasteiger partial charge in [0, 0.05) is 17.0 Å². The van der Waals surface area contributed by atoms with Gasteiger partial charge in [0.2, 0.25) is 0 Å². The van der Waals surface area contributed by atoms with E-state index in [0.717, 1.165) is 11.3 Å². The number of hydrogen-bond acceptors (Lipinski definition) is 3. The van der Waals surface area contributed by atoms with Gasteiger partial charge in [-0.2, -0.15) is 0 Å². The number of halogens is 3. The second-order valence-corrected chi connectivity index (χ2v) is 4.85.